The van der Waals surface area contributed by atoms with E-state index in [-0.39, 0.29) is 0 Å². The Balaban J connectivity index is 1.61. The molecule has 0 aliphatic carbocycles. The lowest BCUT2D eigenvalue weighted by atomic mass is 10.1. The van der Waals surface area contributed by atoms with E-state index >= 15 is 0 Å². The van der Waals surface area contributed by atoms with E-state index < -0.39 is 0 Å². The Labute approximate surface area is 155 Å². The van der Waals surface area contributed by atoms with Crippen molar-refractivity contribution in [1.29, 1.82) is 0 Å². The van der Waals surface area contributed by atoms with Gasteiger partial charge in [-0.3, -0.25) is 4.98 Å². The number of nitrogens with one attached hydrogen (secondary N) is 2. The second-order valence-corrected chi connectivity index (χ2v) is 6.44. The number of aliphatic imine (C=N–C) groups is 1. The van der Waals surface area contributed by atoms with Crippen LogP contribution in [0, 0.1) is 0 Å². The van der Waals surface area contributed by atoms with Gasteiger partial charge in [-0.05, 0) is 56.0 Å². The van der Waals surface area contributed by atoms with Gasteiger partial charge in [0.25, 0.3) is 0 Å². The van der Waals surface area contributed by atoms with Crippen LogP contribution in [-0.2, 0) is 13.1 Å². The van der Waals surface area contributed by atoms with Gasteiger partial charge in [-0.1, -0.05) is 6.07 Å². The zero-order valence-corrected chi connectivity index (χ0v) is 15.5. The summed E-state index contributed by atoms with van der Waals surface area (Å²) >= 11 is 0. The van der Waals surface area contributed by atoms with Gasteiger partial charge in [0.05, 0.1) is 18.8 Å². The van der Waals surface area contributed by atoms with E-state index in [1.54, 1.807) is 6.20 Å². The van der Waals surface area contributed by atoms with Crippen LogP contribution in [0.3, 0.4) is 0 Å². The highest BCUT2D eigenvalue weighted by atomic mass is 15.2. The van der Waals surface area contributed by atoms with Crippen LogP contribution in [0.1, 0.15) is 37.4 Å². The van der Waals surface area contributed by atoms with Crippen LogP contribution >= 0.6 is 0 Å². The van der Waals surface area contributed by atoms with Crippen molar-refractivity contribution in [3.8, 4) is 0 Å². The van der Waals surface area contributed by atoms with Crippen LogP contribution in [-0.4, -0.2) is 35.6 Å². The van der Waals surface area contributed by atoms with Crippen molar-refractivity contribution in [2.45, 2.75) is 39.3 Å². The first-order valence-corrected chi connectivity index (χ1v) is 9.47. The maximum atomic E-state index is 4.71. The molecule has 0 unspecified atom stereocenters. The number of piperidine rings is 1. The molecule has 3 rings (SSSR count). The van der Waals surface area contributed by atoms with Gasteiger partial charge in [-0.2, -0.15) is 0 Å². The summed E-state index contributed by atoms with van der Waals surface area (Å²) in [6, 6.07) is 10.1. The molecule has 0 saturated carbocycles. The predicted molar refractivity (Wildman–Crippen MR) is 106 cm³/mol. The van der Waals surface area contributed by atoms with Crippen molar-refractivity contribution >= 4 is 11.8 Å². The summed E-state index contributed by atoms with van der Waals surface area (Å²) in [5.41, 5.74) is 2.17. The molecule has 0 amide bonds. The van der Waals surface area contributed by atoms with Gasteiger partial charge < -0.3 is 15.5 Å². The Morgan fingerprint density at radius 2 is 1.96 bits per heavy atom. The molecule has 1 aliphatic rings. The van der Waals surface area contributed by atoms with Gasteiger partial charge in [-0.15, -0.1) is 0 Å². The van der Waals surface area contributed by atoms with Crippen LogP contribution in [0.4, 0.5) is 5.82 Å². The molecular weight excluding hydrogens is 324 g/mol. The third-order valence-electron chi connectivity index (χ3n) is 4.42. The van der Waals surface area contributed by atoms with Crippen LogP contribution in [0.5, 0.6) is 0 Å². The van der Waals surface area contributed by atoms with E-state index in [1.165, 1.54) is 24.8 Å². The fourth-order valence-corrected chi connectivity index (χ4v) is 3.04. The van der Waals surface area contributed by atoms with Crippen molar-refractivity contribution in [3.05, 3.63) is 54.0 Å². The van der Waals surface area contributed by atoms with Crippen LogP contribution in [0.2, 0.25) is 0 Å². The summed E-state index contributed by atoms with van der Waals surface area (Å²) in [6.07, 6.45) is 7.54. The smallest absolute Gasteiger partial charge is 0.191 e. The zero-order chi connectivity index (χ0) is 18.0. The first kappa shape index (κ1) is 18.2. The fourth-order valence-electron chi connectivity index (χ4n) is 3.04. The molecule has 2 aromatic heterocycles. The molecule has 0 aromatic carbocycles. The molecule has 138 valence electrons. The highest BCUT2D eigenvalue weighted by Gasteiger charge is 2.12. The summed E-state index contributed by atoms with van der Waals surface area (Å²) in [7, 11) is 0. The molecule has 6 heteroatoms. The van der Waals surface area contributed by atoms with Gasteiger partial charge in [0.15, 0.2) is 5.96 Å². The third kappa shape index (κ3) is 5.44. The lowest BCUT2D eigenvalue weighted by Gasteiger charge is -2.27. The number of hydrogen-bond donors (Lipinski definition) is 2. The number of rotatable bonds is 6. The maximum Gasteiger partial charge on any atom is 0.191 e. The van der Waals surface area contributed by atoms with Crippen molar-refractivity contribution in [2.24, 2.45) is 4.99 Å². The number of guanidine groups is 1. The highest BCUT2D eigenvalue weighted by molar-refractivity contribution is 5.79. The monoisotopic (exact) mass is 352 g/mol. The maximum absolute atomic E-state index is 4.71. The lowest BCUT2D eigenvalue weighted by molar-refractivity contribution is 0.573. The highest BCUT2D eigenvalue weighted by Crippen LogP contribution is 2.18. The molecule has 2 N–H and O–H groups in total. The molecule has 1 aliphatic heterocycles. The average molecular weight is 352 g/mol. The summed E-state index contributed by atoms with van der Waals surface area (Å²) in [5.74, 6) is 1.87. The Bertz CT molecular complexity index is 694. The minimum Gasteiger partial charge on any atom is -0.357 e. The lowest BCUT2D eigenvalue weighted by Crippen LogP contribution is -2.37. The van der Waals surface area contributed by atoms with E-state index in [9.17, 15) is 0 Å². The minimum atomic E-state index is 0.626. The molecule has 1 saturated heterocycles. The molecule has 3 heterocycles. The van der Waals surface area contributed by atoms with Crippen molar-refractivity contribution in [2.75, 3.05) is 24.5 Å². The van der Waals surface area contributed by atoms with Crippen molar-refractivity contribution in [3.63, 3.8) is 0 Å². The Morgan fingerprint density at radius 1 is 1.08 bits per heavy atom. The van der Waals surface area contributed by atoms with Crippen LogP contribution < -0.4 is 15.5 Å². The Kier molecular flexibility index (Phi) is 6.81. The Morgan fingerprint density at radius 3 is 2.73 bits per heavy atom. The predicted octanol–water partition coefficient (Wildman–Crippen LogP) is 2.72. The zero-order valence-electron chi connectivity index (χ0n) is 15.5. The Hall–Kier alpha value is -2.63. The minimum absolute atomic E-state index is 0.626. The largest absolute Gasteiger partial charge is 0.357 e. The number of nitrogens with zero attached hydrogens (tertiary/aromatic N) is 4. The van der Waals surface area contributed by atoms with Crippen molar-refractivity contribution in [1.82, 2.24) is 20.6 Å². The number of anilines is 1. The van der Waals surface area contributed by atoms with Gasteiger partial charge in [0, 0.05) is 32.0 Å². The quantitative estimate of drug-likeness (QED) is 0.618. The summed E-state index contributed by atoms with van der Waals surface area (Å²) in [4.78, 5) is 16.0. The topological polar surface area (TPSA) is 65.4 Å². The SMILES string of the molecule is CCNC(=NCc1ccnc(N2CCCCC2)c1)NCc1ccccn1. The molecule has 0 bridgehead atoms. The summed E-state index contributed by atoms with van der Waals surface area (Å²) < 4.78 is 0. The first-order chi connectivity index (χ1) is 12.8. The number of aromatic nitrogens is 2. The molecule has 0 radical (unpaired) electrons. The first-order valence-electron chi connectivity index (χ1n) is 9.47. The fraction of sp³-hybridized carbons (Fsp3) is 0.450. The van der Waals surface area contributed by atoms with Gasteiger partial charge >= 0.3 is 0 Å². The van der Waals surface area contributed by atoms with Crippen LogP contribution in [0.25, 0.3) is 0 Å². The molecule has 26 heavy (non-hydrogen) atoms. The van der Waals surface area contributed by atoms with Crippen LogP contribution in [0.15, 0.2) is 47.7 Å². The van der Waals surface area contributed by atoms with Gasteiger partial charge in [0.1, 0.15) is 5.82 Å². The molecule has 2 aromatic rings. The third-order valence-corrected chi connectivity index (χ3v) is 4.42. The van der Waals surface area contributed by atoms with E-state index in [0.717, 1.165) is 37.1 Å². The number of pyridine rings is 2. The molecule has 1 fully saturated rings. The second-order valence-electron chi connectivity index (χ2n) is 6.44. The van der Waals surface area contributed by atoms with E-state index in [2.05, 4.69) is 38.5 Å². The molecular formula is C20H28N6. The summed E-state index contributed by atoms with van der Waals surface area (Å²) in [5, 5.41) is 6.62. The van der Waals surface area contributed by atoms with Crippen molar-refractivity contribution < 1.29 is 0 Å². The van der Waals surface area contributed by atoms with E-state index in [0.29, 0.717) is 13.1 Å². The van der Waals surface area contributed by atoms with Gasteiger partial charge in [-0.25, -0.2) is 9.98 Å². The molecule has 0 spiro atoms. The summed E-state index contributed by atoms with van der Waals surface area (Å²) in [6.45, 7) is 6.38. The average Bonchev–Trinajstić information content (AvgIpc) is 2.72. The molecule has 6 nitrogen and oxygen atoms in total. The van der Waals surface area contributed by atoms with E-state index in [1.807, 2.05) is 30.5 Å². The number of hydrogen-bond acceptors (Lipinski definition) is 4. The van der Waals surface area contributed by atoms with E-state index in [4.69, 9.17) is 4.99 Å². The van der Waals surface area contributed by atoms with Gasteiger partial charge in [0.2, 0.25) is 0 Å². The standard InChI is InChI=1S/C20H28N6/c1-2-21-20(25-16-18-8-4-5-10-22-18)24-15-17-9-11-23-19(14-17)26-12-6-3-7-13-26/h4-5,8-11,14H,2-3,6-7,12-13,15-16H2,1H3,(H2,21,24,25). The second kappa shape index (κ2) is 9.75. The molecule has 0 atom stereocenters. The normalized spacial score (nSPS) is 15.0.